The molecule has 3 aromatic rings. The number of benzene rings is 2. The zero-order valence-electron chi connectivity index (χ0n) is 17.9. The van der Waals surface area contributed by atoms with Crippen molar-refractivity contribution in [1.29, 1.82) is 0 Å². The molecule has 0 radical (unpaired) electrons. The molecule has 0 aliphatic heterocycles. The molecule has 1 heterocycles. The number of alkyl halides is 3. The van der Waals surface area contributed by atoms with Crippen LogP contribution in [-0.4, -0.2) is 51.9 Å². The van der Waals surface area contributed by atoms with Crippen LogP contribution < -0.4 is 24.2 Å². The Balaban J connectivity index is 2.15. The Hall–Kier alpha value is -3.32. The lowest BCUT2D eigenvalue weighted by Crippen LogP contribution is -2.20. The fourth-order valence-corrected chi connectivity index (χ4v) is 3.67. The fraction of sp³-hybridized carbons (Fsp3) is 0.300. The third-order valence-corrected chi connectivity index (χ3v) is 5.80. The van der Waals surface area contributed by atoms with Crippen molar-refractivity contribution in [2.24, 2.45) is 0 Å². The molecular formula is C20H21F3N4O5S. The first-order valence-electron chi connectivity index (χ1n) is 9.57. The highest BCUT2D eigenvalue weighted by Gasteiger charge is 2.29. The maximum absolute atomic E-state index is 12.7. The van der Waals surface area contributed by atoms with Gasteiger partial charge in [-0.25, -0.2) is 23.1 Å². The molecule has 2 N–H and O–H groups in total. The predicted molar refractivity (Wildman–Crippen MR) is 115 cm³/mol. The van der Waals surface area contributed by atoms with Crippen molar-refractivity contribution < 1.29 is 35.8 Å². The monoisotopic (exact) mass is 486 g/mol. The van der Waals surface area contributed by atoms with E-state index in [1.54, 1.807) is 19.1 Å². The summed E-state index contributed by atoms with van der Waals surface area (Å²) in [4.78, 5) is 8.19. The van der Waals surface area contributed by atoms with Crippen LogP contribution in [0.2, 0.25) is 0 Å². The van der Waals surface area contributed by atoms with Crippen LogP contribution >= 0.6 is 0 Å². The van der Waals surface area contributed by atoms with Gasteiger partial charge < -0.3 is 19.5 Å². The van der Waals surface area contributed by atoms with Gasteiger partial charge in [-0.3, -0.25) is 0 Å². The van der Waals surface area contributed by atoms with Crippen LogP contribution in [0.1, 0.15) is 6.92 Å². The number of aromatic nitrogens is 2. The van der Waals surface area contributed by atoms with Gasteiger partial charge in [-0.15, -0.1) is 0 Å². The van der Waals surface area contributed by atoms with Gasteiger partial charge in [0, 0.05) is 12.1 Å². The average molecular weight is 486 g/mol. The van der Waals surface area contributed by atoms with Gasteiger partial charge in [0.05, 0.1) is 35.2 Å². The molecule has 0 saturated heterocycles. The number of anilines is 2. The minimum atomic E-state index is -4.59. The van der Waals surface area contributed by atoms with Crippen LogP contribution in [-0.2, 0) is 10.0 Å². The molecule has 0 bridgehead atoms. The van der Waals surface area contributed by atoms with Gasteiger partial charge in [-0.05, 0) is 32.2 Å². The van der Waals surface area contributed by atoms with Crippen molar-refractivity contribution in [3.63, 3.8) is 0 Å². The van der Waals surface area contributed by atoms with E-state index in [9.17, 15) is 21.6 Å². The summed E-state index contributed by atoms with van der Waals surface area (Å²) in [6.07, 6.45) is -3.35. The topological polar surface area (TPSA) is 112 Å². The van der Waals surface area contributed by atoms with Crippen molar-refractivity contribution in [1.82, 2.24) is 14.7 Å². The molecule has 2 aromatic carbocycles. The number of nitrogens with one attached hydrogen (secondary N) is 2. The van der Waals surface area contributed by atoms with Gasteiger partial charge in [0.1, 0.15) is 29.4 Å². The van der Waals surface area contributed by atoms with Crippen LogP contribution in [0.4, 0.5) is 24.7 Å². The number of methoxy groups -OCH3 is 1. The number of rotatable bonds is 9. The molecule has 0 aliphatic rings. The Bertz CT molecular complexity index is 1250. The average Bonchev–Trinajstić information content (AvgIpc) is 2.77. The fourth-order valence-electron chi connectivity index (χ4n) is 2.92. The highest BCUT2D eigenvalue weighted by Crippen LogP contribution is 2.38. The summed E-state index contributed by atoms with van der Waals surface area (Å²) in [7, 11) is -1.18. The Morgan fingerprint density at radius 3 is 2.45 bits per heavy atom. The number of ether oxygens (including phenoxy) is 3. The van der Waals surface area contributed by atoms with E-state index >= 15 is 0 Å². The lowest BCUT2D eigenvalue weighted by Gasteiger charge is -2.17. The standard InChI is InChI=1S/C20H21F3N4O5S/c1-4-31-17-8-12(30-3)7-15-18(17)19(26-11-25-15)27-14-9-13(33(28,29)24-2)5-6-16(14)32-10-20(21,22)23/h5-9,11,24H,4,10H2,1-3H3,(H,25,26,27). The molecule has 0 fully saturated rings. The summed E-state index contributed by atoms with van der Waals surface area (Å²) in [5, 5.41) is 3.29. The molecule has 33 heavy (non-hydrogen) atoms. The molecule has 3 rings (SSSR count). The minimum Gasteiger partial charge on any atom is -0.497 e. The molecule has 0 spiro atoms. The third-order valence-electron chi connectivity index (χ3n) is 4.39. The maximum Gasteiger partial charge on any atom is 0.422 e. The second kappa shape index (κ2) is 9.67. The second-order valence-corrected chi connectivity index (χ2v) is 8.46. The van der Waals surface area contributed by atoms with Crippen LogP contribution in [0, 0.1) is 0 Å². The largest absolute Gasteiger partial charge is 0.497 e. The lowest BCUT2D eigenvalue weighted by atomic mass is 10.2. The molecule has 0 unspecified atom stereocenters. The Kier molecular flexibility index (Phi) is 7.12. The minimum absolute atomic E-state index is 0.0474. The Morgan fingerprint density at radius 1 is 1.06 bits per heavy atom. The van der Waals surface area contributed by atoms with Crippen LogP contribution in [0.25, 0.3) is 10.9 Å². The zero-order valence-corrected chi connectivity index (χ0v) is 18.7. The van der Waals surface area contributed by atoms with E-state index in [1.165, 1.54) is 20.5 Å². The van der Waals surface area contributed by atoms with Crippen LogP contribution in [0.3, 0.4) is 0 Å². The van der Waals surface area contributed by atoms with Crippen molar-refractivity contribution in [3.05, 3.63) is 36.7 Å². The number of fused-ring (bicyclic) bond motifs is 1. The highest BCUT2D eigenvalue weighted by atomic mass is 32.2. The number of sulfonamides is 1. The maximum atomic E-state index is 12.7. The van der Waals surface area contributed by atoms with E-state index in [4.69, 9.17) is 14.2 Å². The predicted octanol–water partition coefficient (Wildman–Crippen LogP) is 3.63. The van der Waals surface area contributed by atoms with Gasteiger partial charge in [-0.2, -0.15) is 13.2 Å². The van der Waals surface area contributed by atoms with Crippen LogP contribution in [0.5, 0.6) is 17.2 Å². The first-order valence-corrected chi connectivity index (χ1v) is 11.1. The molecule has 1 aromatic heterocycles. The SMILES string of the molecule is CCOc1cc(OC)cc2ncnc(Nc3cc(S(=O)(=O)NC)ccc3OCC(F)(F)F)c12. The first kappa shape index (κ1) is 24.3. The summed E-state index contributed by atoms with van der Waals surface area (Å²) in [6.45, 7) is 0.523. The van der Waals surface area contributed by atoms with E-state index < -0.39 is 22.8 Å². The molecular weight excluding hydrogens is 465 g/mol. The van der Waals surface area contributed by atoms with E-state index in [-0.39, 0.29) is 22.2 Å². The van der Waals surface area contributed by atoms with Gasteiger partial charge in [0.2, 0.25) is 10.0 Å². The van der Waals surface area contributed by atoms with E-state index in [1.807, 2.05) is 0 Å². The Morgan fingerprint density at radius 2 is 1.82 bits per heavy atom. The van der Waals surface area contributed by atoms with Gasteiger partial charge >= 0.3 is 6.18 Å². The van der Waals surface area contributed by atoms with E-state index in [2.05, 4.69) is 20.0 Å². The van der Waals surface area contributed by atoms with Crippen molar-refractivity contribution in [2.75, 3.05) is 32.7 Å². The summed E-state index contributed by atoms with van der Waals surface area (Å²) in [6, 6.07) is 6.66. The van der Waals surface area contributed by atoms with E-state index in [0.717, 1.165) is 18.2 Å². The molecule has 178 valence electrons. The number of halogens is 3. The number of hydrogen-bond donors (Lipinski definition) is 2. The van der Waals surface area contributed by atoms with Gasteiger partial charge in [0.15, 0.2) is 6.61 Å². The van der Waals surface area contributed by atoms with Gasteiger partial charge in [-0.1, -0.05) is 0 Å². The molecule has 0 aliphatic carbocycles. The summed E-state index contributed by atoms with van der Waals surface area (Å²) in [5.41, 5.74) is 0.390. The smallest absolute Gasteiger partial charge is 0.422 e. The van der Waals surface area contributed by atoms with Crippen molar-refractivity contribution >= 4 is 32.4 Å². The number of nitrogens with zero attached hydrogens (tertiary/aromatic N) is 2. The van der Waals surface area contributed by atoms with Crippen molar-refractivity contribution in [2.45, 2.75) is 18.0 Å². The molecule has 0 saturated carbocycles. The first-order chi connectivity index (χ1) is 15.6. The quantitative estimate of drug-likeness (QED) is 0.472. The Labute approximate surface area is 187 Å². The lowest BCUT2D eigenvalue weighted by molar-refractivity contribution is -0.153. The molecule has 13 heteroatoms. The third kappa shape index (κ3) is 5.73. The zero-order chi connectivity index (χ0) is 24.2. The number of hydrogen-bond acceptors (Lipinski definition) is 8. The molecule has 9 nitrogen and oxygen atoms in total. The summed E-state index contributed by atoms with van der Waals surface area (Å²) >= 11 is 0. The molecule has 0 amide bonds. The normalized spacial score (nSPS) is 11.9. The van der Waals surface area contributed by atoms with Gasteiger partial charge in [0.25, 0.3) is 0 Å². The summed E-state index contributed by atoms with van der Waals surface area (Å²) < 4.78 is 80.7. The summed E-state index contributed by atoms with van der Waals surface area (Å²) in [5.74, 6) is 0.793. The molecule has 0 atom stereocenters. The van der Waals surface area contributed by atoms with Crippen molar-refractivity contribution in [3.8, 4) is 17.2 Å². The van der Waals surface area contributed by atoms with E-state index in [0.29, 0.717) is 29.0 Å². The second-order valence-electron chi connectivity index (χ2n) is 6.57. The highest BCUT2D eigenvalue weighted by molar-refractivity contribution is 7.89. The van der Waals surface area contributed by atoms with Crippen LogP contribution in [0.15, 0.2) is 41.6 Å².